The summed E-state index contributed by atoms with van der Waals surface area (Å²) in [7, 11) is -2.82. The van der Waals surface area contributed by atoms with E-state index in [1.807, 2.05) is 0 Å². The second kappa shape index (κ2) is 2.51. The first kappa shape index (κ1) is 8.01. The highest BCUT2D eigenvalue weighted by Crippen LogP contribution is 2.27. The minimum Gasteiger partial charge on any atom is -0.393 e. The summed E-state index contributed by atoms with van der Waals surface area (Å²) >= 11 is 0. The molecule has 0 aliphatic heterocycles. The Labute approximate surface area is 61.0 Å². The number of aliphatic hydroxyl groups excluding tert-OH is 1. The molecule has 0 heterocycles. The van der Waals surface area contributed by atoms with Crippen molar-refractivity contribution in [2.24, 2.45) is 5.92 Å². The van der Waals surface area contributed by atoms with Crippen LogP contribution >= 0.6 is 0 Å². The lowest BCUT2D eigenvalue weighted by atomic mass is 9.84. The highest BCUT2D eigenvalue weighted by Gasteiger charge is 2.29. The molecule has 1 aliphatic carbocycles. The molecule has 0 amide bonds. The molecule has 1 rings (SSSR count). The Morgan fingerprint density at radius 3 is 2.30 bits per heavy atom. The van der Waals surface area contributed by atoms with E-state index in [4.69, 9.17) is 5.11 Å². The minimum atomic E-state index is -2.82. The number of sulfone groups is 1. The second-order valence-electron chi connectivity index (χ2n) is 3.08. The van der Waals surface area contributed by atoms with Crippen molar-refractivity contribution in [1.82, 2.24) is 0 Å². The molecule has 0 aromatic rings. The summed E-state index contributed by atoms with van der Waals surface area (Å²) in [5, 5.41) is 8.82. The van der Waals surface area contributed by atoms with E-state index in [9.17, 15) is 8.42 Å². The summed E-state index contributed by atoms with van der Waals surface area (Å²) in [6, 6.07) is 0. The Morgan fingerprint density at radius 2 is 2.00 bits per heavy atom. The van der Waals surface area contributed by atoms with Crippen LogP contribution in [0.15, 0.2) is 0 Å². The van der Waals surface area contributed by atoms with E-state index in [0.29, 0.717) is 12.8 Å². The number of aliphatic hydroxyl groups is 1. The molecule has 1 aliphatic rings. The molecule has 3 nitrogen and oxygen atoms in total. The van der Waals surface area contributed by atoms with Crippen LogP contribution < -0.4 is 0 Å². The van der Waals surface area contributed by atoms with Crippen molar-refractivity contribution in [1.29, 1.82) is 0 Å². The standard InChI is InChI=1S/C6H12O3S/c1-10(8,9)4-5-2-6(7)3-5/h5-7H,2-4H2,1H3. The van der Waals surface area contributed by atoms with E-state index < -0.39 is 9.84 Å². The highest BCUT2D eigenvalue weighted by molar-refractivity contribution is 7.90. The van der Waals surface area contributed by atoms with Gasteiger partial charge in [0, 0.05) is 6.26 Å². The van der Waals surface area contributed by atoms with Gasteiger partial charge in [-0.15, -0.1) is 0 Å². The van der Waals surface area contributed by atoms with E-state index in [0.717, 1.165) is 0 Å². The van der Waals surface area contributed by atoms with Gasteiger partial charge in [-0.2, -0.15) is 0 Å². The zero-order valence-electron chi connectivity index (χ0n) is 5.95. The van der Waals surface area contributed by atoms with Crippen molar-refractivity contribution in [3.63, 3.8) is 0 Å². The maximum Gasteiger partial charge on any atom is 0.147 e. The molecule has 0 spiro atoms. The molecule has 0 bridgehead atoms. The third-order valence-corrected chi connectivity index (χ3v) is 2.83. The van der Waals surface area contributed by atoms with Crippen LogP contribution in [0.1, 0.15) is 12.8 Å². The summed E-state index contributed by atoms with van der Waals surface area (Å²) < 4.78 is 21.3. The van der Waals surface area contributed by atoms with Crippen molar-refractivity contribution >= 4 is 9.84 Å². The predicted octanol–water partition coefficient (Wildman–Crippen LogP) is -0.198. The van der Waals surface area contributed by atoms with Gasteiger partial charge >= 0.3 is 0 Å². The third kappa shape index (κ3) is 2.27. The van der Waals surface area contributed by atoms with Gasteiger partial charge in [0.15, 0.2) is 0 Å². The lowest BCUT2D eigenvalue weighted by molar-refractivity contribution is 0.0526. The van der Waals surface area contributed by atoms with E-state index in [-0.39, 0.29) is 17.8 Å². The van der Waals surface area contributed by atoms with Gasteiger partial charge in [0.1, 0.15) is 9.84 Å². The molecule has 0 aromatic carbocycles. The van der Waals surface area contributed by atoms with E-state index in [1.54, 1.807) is 0 Å². The Hall–Kier alpha value is -0.0900. The number of hydrogen-bond acceptors (Lipinski definition) is 3. The molecule has 1 saturated carbocycles. The normalized spacial score (nSPS) is 33.4. The average molecular weight is 164 g/mol. The van der Waals surface area contributed by atoms with Crippen molar-refractivity contribution < 1.29 is 13.5 Å². The Balaban J connectivity index is 2.30. The van der Waals surface area contributed by atoms with Crippen molar-refractivity contribution in [2.75, 3.05) is 12.0 Å². The first-order chi connectivity index (χ1) is 4.47. The quantitative estimate of drug-likeness (QED) is 0.615. The fraction of sp³-hybridized carbons (Fsp3) is 1.00. The molecular weight excluding hydrogens is 152 g/mol. The maximum absolute atomic E-state index is 10.7. The molecule has 4 heteroatoms. The van der Waals surface area contributed by atoms with Gasteiger partial charge in [-0.3, -0.25) is 0 Å². The maximum atomic E-state index is 10.7. The van der Waals surface area contributed by atoms with Crippen LogP contribution in [0.5, 0.6) is 0 Å². The molecule has 0 radical (unpaired) electrons. The average Bonchev–Trinajstić information content (AvgIpc) is 1.57. The van der Waals surface area contributed by atoms with Gasteiger partial charge in [0.25, 0.3) is 0 Å². The molecule has 0 saturated heterocycles. The third-order valence-electron chi connectivity index (χ3n) is 1.75. The van der Waals surface area contributed by atoms with Crippen molar-refractivity contribution in [3.05, 3.63) is 0 Å². The summed E-state index contributed by atoms with van der Waals surface area (Å²) in [6.45, 7) is 0. The summed E-state index contributed by atoms with van der Waals surface area (Å²) in [4.78, 5) is 0. The van der Waals surface area contributed by atoms with Crippen molar-refractivity contribution in [3.8, 4) is 0 Å². The van der Waals surface area contributed by atoms with Crippen LogP contribution in [0.3, 0.4) is 0 Å². The Kier molecular flexibility index (Phi) is 2.01. The van der Waals surface area contributed by atoms with Crippen LogP contribution in [0, 0.1) is 5.92 Å². The van der Waals surface area contributed by atoms with Crippen LogP contribution in [0.4, 0.5) is 0 Å². The topological polar surface area (TPSA) is 54.4 Å². The fourth-order valence-corrected chi connectivity index (χ4v) is 2.39. The lowest BCUT2D eigenvalue weighted by Gasteiger charge is -2.30. The fourth-order valence-electron chi connectivity index (χ4n) is 1.26. The largest absolute Gasteiger partial charge is 0.393 e. The Bertz CT molecular complexity index is 201. The first-order valence-electron chi connectivity index (χ1n) is 3.33. The van der Waals surface area contributed by atoms with Gasteiger partial charge in [-0.05, 0) is 18.8 Å². The predicted molar refractivity (Wildman–Crippen MR) is 38.4 cm³/mol. The highest BCUT2D eigenvalue weighted by atomic mass is 32.2. The molecule has 1 fully saturated rings. The smallest absolute Gasteiger partial charge is 0.147 e. The second-order valence-corrected chi connectivity index (χ2v) is 5.27. The molecule has 0 atom stereocenters. The summed E-state index contributed by atoms with van der Waals surface area (Å²) in [6.07, 6.45) is 2.31. The minimum absolute atomic E-state index is 0.213. The van der Waals surface area contributed by atoms with E-state index in [2.05, 4.69) is 0 Å². The van der Waals surface area contributed by atoms with Gasteiger partial charge in [0.2, 0.25) is 0 Å². The van der Waals surface area contributed by atoms with Gasteiger partial charge in [0.05, 0.1) is 11.9 Å². The molecule has 60 valence electrons. The summed E-state index contributed by atoms with van der Waals surface area (Å²) in [5.41, 5.74) is 0. The summed E-state index contributed by atoms with van der Waals surface area (Å²) in [5.74, 6) is 0.453. The van der Waals surface area contributed by atoms with Gasteiger partial charge in [-0.1, -0.05) is 0 Å². The van der Waals surface area contributed by atoms with Crippen LogP contribution in [-0.2, 0) is 9.84 Å². The molecule has 1 N–H and O–H groups in total. The molecular formula is C6H12O3S. The van der Waals surface area contributed by atoms with Crippen LogP contribution in [-0.4, -0.2) is 31.6 Å². The molecule has 0 aromatic heterocycles. The SMILES string of the molecule is CS(=O)(=O)CC1CC(O)C1. The van der Waals surface area contributed by atoms with Crippen LogP contribution in [0.25, 0.3) is 0 Å². The van der Waals surface area contributed by atoms with Crippen molar-refractivity contribution in [2.45, 2.75) is 18.9 Å². The molecule has 0 unspecified atom stereocenters. The number of rotatable bonds is 2. The lowest BCUT2D eigenvalue weighted by Crippen LogP contribution is -2.33. The van der Waals surface area contributed by atoms with E-state index >= 15 is 0 Å². The Morgan fingerprint density at radius 1 is 1.50 bits per heavy atom. The first-order valence-corrected chi connectivity index (χ1v) is 5.39. The number of hydrogen-bond donors (Lipinski definition) is 1. The zero-order chi connectivity index (χ0) is 7.78. The van der Waals surface area contributed by atoms with E-state index in [1.165, 1.54) is 6.26 Å². The van der Waals surface area contributed by atoms with Gasteiger partial charge in [-0.25, -0.2) is 8.42 Å². The van der Waals surface area contributed by atoms with Crippen LogP contribution in [0.2, 0.25) is 0 Å². The van der Waals surface area contributed by atoms with Gasteiger partial charge < -0.3 is 5.11 Å². The zero-order valence-corrected chi connectivity index (χ0v) is 6.76. The molecule has 10 heavy (non-hydrogen) atoms. The monoisotopic (exact) mass is 164 g/mol.